The number of amides is 1. The molecule has 0 unspecified atom stereocenters. The summed E-state index contributed by atoms with van der Waals surface area (Å²) in [6.07, 6.45) is 8.02. The van der Waals surface area contributed by atoms with E-state index in [0.717, 1.165) is 30.8 Å². The molecule has 0 saturated heterocycles. The number of rotatable bonds is 8. The highest BCUT2D eigenvalue weighted by molar-refractivity contribution is 7.99. The van der Waals surface area contributed by atoms with Crippen LogP contribution in [0, 0.1) is 0 Å². The van der Waals surface area contributed by atoms with E-state index in [0.29, 0.717) is 30.3 Å². The van der Waals surface area contributed by atoms with Crippen LogP contribution in [0.25, 0.3) is 0 Å². The molecular weight excluding hydrogens is 340 g/mol. The Hall–Kier alpha value is -1.57. The molecule has 25 heavy (non-hydrogen) atoms. The zero-order valence-corrected chi connectivity index (χ0v) is 15.5. The van der Waals surface area contributed by atoms with Crippen molar-refractivity contribution in [2.45, 2.75) is 75.5 Å². The van der Waals surface area contributed by atoms with Crippen molar-refractivity contribution < 1.29 is 14.3 Å². The number of ether oxygens (including phenoxy) is 1. The normalized spacial score (nSPS) is 18.1. The Balaban J connectivity index is 1.69. The lowest BCUT2D eigenvalue weighted by atomic mass is 9.95. The SMILES string of the molecule is CCOC(=O)Cc1nnc(SCC(=O)NC2CC2)n1C1CCCCC1. The van der Waals surface area contributed by atoms with Gasteiger partial charge in [-0.3, -0.25) is 9.59 Å². The van der Waals surface area contributed by atoms with E-state index in [2.05, 4.69) is 20.1 Å². The molecule has 1 amide bonds. The largest absolute Gasteiger partial charge is 0.466 e. The van der Waals surface area contributed by atoms with Crippen molar-refractivity contribution in [3.8, 4) is 0 Å². The number of nitrogens with one attached hydrogen (secondary N) is 1. The van der Waals surface area contributed by atoms with Gasteiger partial charge in [0.05, 0.1) is 12.4 Å². The lowest BCUT2D eigenvalue weighted by molar-refractivity contribution is -0.142. The van der Waals surface area contributed by atoms with E-state index >= 15 is 0 Å². The van der Waals surface area contributed by atoms with Gasteiger partial charge in [0.15, 0.2) is 5.16 Å². The van der Waals surface area contributed by atoms with Crippen LogP contribution < -0.4 is 5.32 Å². The van der Waals surface area contributed by atoms with Crippen molar-refractivity contribution >= 4 is 23.6 Å². The molecule has 1 aromatic rings. The van der Waals surface area contributed by atoms with Gasteiger partial charge in [-0.25, -0.2) is 0 Å². The first-order chi connectivity index (χ1) is 12.2. The molecule has 0 atom stereocenters. The van der Waals surface area contributed by atoms with Crippen molar-refractivity contribution in [2.24, 2.45) is 0 Å². The van der Waals surface area contributed by atoms with E-state index in [4.69, 9.17) is 4.74 Å². The number of carbonyl (C=O) groups excluding carboxylic acids is 2. The maximum absolute atomic E-state index is 12.0. The molecule has 2 fully saturated rings. The minimum absolute atomic E-state index is 0.0395. The number of thioether (sulfide) groups is 1. The van der Waals surface area contributed by atoms with Gasteiger partial charge in [0.1, 0.15) is 12.2 Å². The second kappa shape index (κ2) is 8.69. The summed E-state index contributed by atoms with van der Waals surface area (Å²) in [5.74, 6) is 0.740. The Morgan fingerprint density at radius 1 is 1.20 bits per heavy atom. The van der Waals surface area contributed by atoms with Gasteiger partial charge in [-0.1, -0.05) is 31.0 Å². The summed E-state index contributed by atoms with van der Waals surface area (Å²) < 4.78 is 7.13. The van der Waals surface area contributed by atoms with E-state index in [9.17, 15) is 9.59 Å². The highest BCUT2D eigenvalue weighted by atomic mass is 32.2. The van der Waals surface area contributed by atoms with Crippen LogP contribution in [0.2, 0.25) is 0 Å². The van der Waals surface area contributed by atoms with Crippen LogP contribution in [0.5, 0.6) is 0 Å². The summed E-state index contributed by atoms with van der Waals surface area (Å²) in [7, 11) is 0. The Bertz CT molecular complexity index is 609. The van der Waals surface area contributed by atoms with Crippen molar-refractivity contribution in [1.82, 2.24) is 20.1 Å². The van der Waals surface area contributed by atoms with Gasteiger partial charge in [0.25, 0.3) is 0 Å². The first-order valence-electron chi connectivity index (χ1n) is 9.19. The Kier molecular flexibility index (Phi) is 6.34. The smallest absolute Gasteiger partial charge is 0.313 e. The third kappa shape index (κ3) is 5.20. The van der Waals surface area contributed by atoms with Crippen LogP contribution in [-0.2, 0) is 20.7 Å². The summed E-state index contributed by atoms with van der Waals surface area (Å²) in [6, 6.07) is 0.672. The minimum Gasteiger partial charge on any atom is -0.466 e. The molecule has 0 aliphatic heterocycles. The maximum atomic E-state index is 12.0. The predicted molar refractivity (Wildman–Crippen MR) is 94.4 cm³/mol. The van der Waals surface area contributed by atoms with Crippen LogP contribution in [0.3, 0.4) is 0 Å². The summed E-state index contributed by atoms with van der Waals surface area (Å²) in [6.45, 7) is 2.16. The molecule has 138 valence electrons. The maximum Gasteiger partial charge on any atom is 0.313 e. The van der Waals surface area contributed by atoms with Gasteiger partial charge in [0.2, 0.25) is 5.91 Å². The topological polar surface area (TPSA) is 86.1 Å². The van der Waals surface area contributed by atoms with Crippen LogP contribution in [-0.4, -0.2) is 45.0 Å². The van der Waals surface area contributed by atoms with E-state index < -0.39 is 0 Å². The average molecular weight is 366 g/mol. The Morgan fingerprint density at radius 2 is 1.96 bits per heavy atom. The van der Waals surface area contributed by atoms with Gasteiger partial charge >= 0.3 is 5.97 Å². The quantitative estimate of drug-likeness (QED) is 0.561. The number of hydrogen-bond acceptors (Lipinski definition) is 6. The molecule has 0 bridgehead atoms. The average Bonchev–Trinajstić information content (AvgIpc) is 3.33. The first-order valence-corrected chi connectivity index (χ1v) is 10.2. The van der Waals surface area contributed by atoms with Gasteiger partial charge in [-0.2, -0.15) is 0 Å². The standard InChI is InChI=1S/C17H26N4O3S/c1-2-24-16(23)10-14-19-20-17(21(14)13-6-4-3-5-7-13)25-11-15(22)18-12-8-9-12/h12-13H,2-11H2,1H3,(H,18,22). The van der Waals surface area contributed by atoms with E-state index in [1.165, 1.54) is 31.0 Å². The monoisotopic (exact) mass is 366 g/mol. The molecule has 1 N–H and O–H groups in total. The molecule has 0 radical (unpaired) electrons. The highest BCUT2D eigenvalue weighted by Gasteiger charge is 2.26. The minimum atomic E-state index is -0.282. The van der Waals surface area contributed by atoms with Gasteiger partial charge in [-0.15, -0.1) is 10.2 Å². The number of carbonyl (C=O) groups is 2. The van der Waals surface area contributed by atoms with Gasteiger partial charge < -0.3 is 14.6 Å². The van der Waals surface area contributed by atoms with Gasteiger partial charge in [0, 0.05) is 12.1 Å². The molecule has 2 saturated carbocycles. The summed E-state index contributed by atoms with van der Waals surface area (Å²) in [5.41, 5.74) is 0. The van der Waals surface area contributed by atoms with Crippen LogP contribution in [0.1, 0.15) is 63.7 Å². The lowest BCUT2D eigenvalue weighted by Crippen LogP contribution is -2.27. The van der Waals surface area contributed by atoms with Crippen molar-refractivity contribution in [3.63, 3.8) is 0 Å². The molecule has 3 rings (SSSR count). The number of aromatic nitrogens is 3. The molecular formula is C17H26N4O3S. The fourth-order valence-electron chi connectivity index (χ4n) is 3.20. The zero-order chi connectivity index (χ0) is 17.6. The third-order valence-electron chi connectivity index (χ3n) is 4.56. The van der Waals surface area contributed by atoms with E-state index in [1.54, 1.807) is 6.92 Å². The van der Waals surface area contributed by atoms with Gasteiger partial charge in [-0.05, 0) is 32.6 Å². The summed E-state index contributed by atoms with van der Waals surface area (Å²) in [5, 5.41) is 12.2. The zero-order valence-electron chi connectivity index (χ0n) is 14.7. The second-order valence-electron chi connectivity index (χ2n) is 6.67. The fraction of sp³-hybridized carbons (Fsp3) is 0.765. The molecule has 7 nitrogen and oxygen atoms in total. The number of hydrogen-bond donors (Lipinski definition) is 1. The van der Waals surface area contributed by atoms with Crippen LogP contribution in [0.4, 0.5) is 0 Å². The van der Waals surface area contributed by atoms with Crippen molar-refractivity contribution in [2.75, 3.05) is 12.4 Å². The molecule has 0 spiro atoms. The molecule has 1 heterocycles. The summed E-state index contributed by atoms with van der Waals surface area (Å²) >= 11 is 1.41. The second-order valence-corrected chi connectivity index (χ2v) is 7.62. The third-order valence-corrected chi connectivity index (χ3v) is 5.50. The predicted octanol–water partition coefficient (Wildman–Crippen LogP) is 2.26. The molecule has 2 aliphatic carbocycles. The van der Waals surface area contributed by atoms with E-state index in [-0.39, 0.29) is 18.3 Å². The molecule has 1 aromatic heterocycles. The highest BCUT2D eigenvalue weighted by Crippen LogP contribution is 2.33. The number of nitrogens with zero attached hydrogens (tertiary/aromatic N) is 3. The molecule has 0 aromatic carbocycles. The fourth-order valence-corrected chi connectivity index (χ4v) is 4.04. The van der Waals surface area contributed by atoms with Crippen molar-refractivity contribution in [3.05, 3.63) is 5.82 Å². The van der Waals surface area contributed by atoms with E-state index in [1.807, 2.05) is 0 Å². The molecule has 8 heteroatoms. The number of esters is 1. The van der Waals surface area contributed by atoms with Crippen molar-refractivity contribution in [1.29, 1.82) is 0 Å². The lowest BCUT2D eigenvalue weighted by Gasteiger charge is -2.25. The Labute approximate surface area is 152 Å². The van der Waals surface area contributed by atoms with Crippen LogP contribution >= 0.6 is 11.8 Å². The van der Waals surface area contributed by atoms with Crippen LogP contribution in [0.15, 0.2) is 5.16 Å². The first kappa shape index (κ1) is 18.2. The summed E-state index contributed by atoms with van der Waals surface area (Å²) in [4.78, 5) is 23.8. The molecule has 2 aliphatic rings. The Morgan fingerprint density at radius 3 is 2.64 bits per heavy atom.